The Kier molecular flexibility index (Phi) is 6.10. The van der Waals surface area contributed by atoms with Gasteiger partial charge in [0.15, 0.2) is 0 Å². The highest BCUT2D eigenvalue weighted by molar-refractivity contribution is 5.87. The van der Waals surface area contributed by atoms with E-state index >= 15 is 0 Å². The van der Waals surface area contributed by atoms with Gasteiger partial charge in [0.1, 0.15) is 0 Å². The first-order chi connectivity index (χ1) is 7.71. The van der Waals surface area contributed by atoms with E-state index in [2.05, 4.69) is 5.32 Å². The average Bonchev–Trinajstić information content (AvgIpc) is 2.97. The molecule has 0 heterocycles. The number of rotatable bonds is 4. The summed E-state index contributed by atoms with van der Waals surface area (Å²) in [4.78, 5) is 24.9. The number of nitrogens with two attached hydrogens (primary N) is 1. The van der Waals surface area contributed by atoms with Crippen molar-refractivity contribution < 1.29 is 9.59 Å². The SMILES string of the molecule is CN(CC(=O)NC1CC1)C(=O)[C@@H](N)C(C)(C)C.Cl. The van der Waals surface area contributed by atoms with Gasteiger partial charge < -0.3 is 16.0 Å². The number of hydrogen-bond donors (Lipinski definition) is 2. The number of nitrogens with one attached hydrogen (secondary N) is 1. The summed E-state index contributed by atoms with van der Waals surface area (Å²) >= 11 is 0. The van der Waals surface area contributed by atoms with E-state index in [9.17, 15) is 9.59 Å². The van der Waals surface area contributed by atoms with Crippen LogP contribution < -0.4 is 11.1 Å². The first-order valence-electron chi connectivity index (χ1n) is 6.01. The Balaban J connectivity index is 0.00000289. The van der Waals surface area contributed by atoms with E-state index in [4.69, 9.17) is 5.73 Å². The van der Waals surface area contributed by atoms with Gasteiger partial charge in [0.05, 0.1) is 12.6 Å². The Bertz CT molecular complexity index is 311. The maximum Gasteiger partial charge on any atom is 0.240 e. The van der Waals surface area contributed by atoms with Crippen LogP contribution in [0.15, 0.2) is 0 Å². The average molecular weight is 278 g/mol. The number of likely N-dealkylation sites (N-methyl/N-ethyl adjacent to an activating group) is 1. The van der Waals surface area contributed by atoms with Crippen molar-refractivity contribution in [1.29, 1.82) is 0 Å². The molecule has 1 aliphatic carbocycles. The summed E-state index contributed by atoms with van der Waals surface area (Å²) in [5.41, 5.74) is 5.57. The van der Waals surface area contributed by atoms with E-state index in [1.165, 1.54) is 4.90 Å². The van der Waals surface area contributed by atoms with E-state index in [1.807, 2.05) is 20.8 Å². The minimum Gasteiger partial charge on any atom is -0.352 e. The fraction of sp³-hybridized carbons (Fsp3) is 0.833. The zero-order chi connectivity index (χ0) is 13.2. The summed E-state index contributed by atoms with van der Waals surface area (Å²) < 4.78 is 0. The number of amides is 2. The van der Waals surface area contributed by atoms with Crippen molar-refractivity contribution in [2.24, 2.45) is 11.1 Å². The smallest absolute Gasteiger partial charge is 0.240 e. The van der Waals surface area contributed by atoms with Gasteiger partial charge in [-0.3, -0.25) is 9.59 Å². The Morgan fingerprint density at radius 3 is 2.28 bits per heavy atom. The molecule has 0 unspecified atom stereocenters. The second kappa shape index (κ2) is 6.38. The molecule has 1 atom stereocenters. The summed E-state index contributed by atoms with van der Waals surface area (Å²) in [7, 11) is 1.61. The molecule has 3 N–H and O–H groups in total. The lowest BCUT2D eigenvalue weighted by Gasteiger charge is -2.29. The van der Waals surface area contributed by atoms with Crippen LogP contribution >= 0.6 is 12.4 Å². The van der Waals surface area contributed by atoms with Gasteiger partial charge in [-0.25, -0.2) is 0 Å². The Morgan fingerprint density at radius 1 is 1.39 bits per heavy atom. The lowest BCUT2D eigenvalue weighted by molar-refractivity contribution is -0.137. The zero-order valence-electron chi connectivity index (χ0n) is 11.5. The van der Waals surface area contributed by atoms with Crippen molar-refractivity contribution in [3.05, 3.63) is 0 Å². The van der Waals surface area contributed by atoms with E-state index in [0.29, 0.717) is 6.04 Å². The van der Waals surface area contributed by atoms with Crippen molar-refractivity contribution in [2.45, 2.75) is 45.7 Å². The normalized spacial score (nSPS) is 16.5. The van der Waals surface area contributed by atoms with E-state index in [-0.39, 0.29) is 36.2 Å². The molecule has 1 fully saturated rings. The van der Waals surface area contributed by atoms with E-state index in [0.717, 1.165) is 12.8 Å². The van der Waals surface area contributed by atoms with Crippen molar-refractivity contribution >= 4 is 24.2 Å². The topological polar surface area (TPSA) is 75.4 Å². The Labute approximate surface area is 115 Å². The molecule has 5 nitrogen and oxygen atoms in total. The third-order valence-electron chi connectivity index (χ3n) is 2.90. The van der Waals surface area contributed by atoms with Crippen molar-refractivity contribution in [3.8, 4) is 0 Å². The molecule has 0 aromatic rings. The van der Waals surface area contributed by atoms with Crippen LogP contribution in [0.4, 0.5) is 0 Å². The van der Waals surface area contributed by atoms with Crippen molar-refractivity contribution in [3.63, 3.8) is 0 Å². The Morgan fingerprint density at radius 2 is 1.89 bits per heavy atom. The molecule has 0 aromatic heterocycles. The van der Waals surface area contributed by atoms with Crippen LogP contribution in [0.2, 0.25) is 0 Å². The number of halogens is 1. The fourth-order valence-electron chi connectivity index (χ4n) is 1.40. The predicted octanol–water partition coefficient (Wildman–Crippen LogP) is 0.519. The molecule has 0 saturated heterocycles. The maximum absolute atomic E-state index is 11.9. The van der Waals surface area contributed by atoms with E-state index < -0.39 is 6.04 Å². The zero-order valence-corrected chi connectivity index (χ0v) is 12.3. The maximum atomic E-state index is 11.9. The van der Waals surface area contributed by atoms with Gasteiger partial charge in [0, 0.05) is 13.1 Å². The summed E-state index contributed by atoms with van der Waals surface area (Å²) in [6.07, 6.45) is 2.09. The van der Waals surface area contributed by atoms with Crippen LogP contribution in [-0.4, -0.2) is 42.4 Å². The molecule has 0 bridgehead atoms. The number of carbonyl (C=O) groups excluding carboxylic acids is 2. The third-order valence-corrected chi connectivity index (χ3v) is 2.90. The van der Waals surface area contributed by atoms with Gasteiger partial charge in [0.2, 0.25) is 11.8 Å². The molecule has 6 heteroatoms. The molecule has 1 rings (SSSR count). The molecule has 2 amide bonds. The first kappa shape index (κ1) is 17.2. The lowest BCUT2D eigenvalue weighted by atomic mass is 9.86. The molecule has 1 saturated carbocycles. The largest absolute Gasteiger partial charge is 0.352 e. The van der Waals surface area contributed by atoms with Gasteiger partial charge in [-0.15, -0.1) is 12.4 Å². The fourth-order valence-corrected chi connectivity index (χ4v) is 1.40. The summed E-state index contributed by atoms with van der Waals surface area (Å²) in [6, 6.07) is -0.261. The number of nitrogens with zero attached hydrogens (tertiary/aromatic N) is 1. The molecule has 0 spiro atoms. The van der Waals surface area contributed by atoms with Crippen LogP contribution in [-0.2, 0) is 9.59 Å². The standard InChI is InChI=1S/C12H23N3O2.ClH/c1-12(2,3)10(13)11(17)15(4)7-9(16)14-8-5-6-8;/h8,10H,5-7,13H2,1-4H3,(H,14,16);1H/t10-;/m1./s1. The molecule has 0 aromatic carbocycles. The third kappa shape index (κ3) is 5.23. The summed E-state index contributed by atoms with van der Waals surface area (Å²) in [5, 5.41) is 2.84. The molecule has 106 valence electrons. The minimum absolute atomic E-state index is 0. The lowest BCUT2D eigenvalue weighted by Crippen LogP contribution is -2.51. The van der Waals surface area contributed by atoms with Crippen molar-refractivity contribution in [2.75, 3.05) is 13.6 Å². The van der Waals surface area contributed by atoms with Crippen molar-refractivity contribution in [1.82, 2.24) is 10.2 Å². The quantitative estimate of drug-likeness (QED) is 0.787. The second-order valence-electron chi connectivity index (χ2n) is 5.88. The summed E-state index contributed by atoms with van der Waals surface area (Å²) in [6.45, 7) is 5.81. The minimum atomic E-state index is -0.582. The molecular weight excluding hydrogens is 254 g/mol. The highest BCUT2D eigenvalue weighted by Crippen LogP contribution is 2.19. The van der Waals surface area contributed by atoms with Gasteiger partial charge in [-0.2, -0.15) is 0 Å². The number of carbonyl (C=O) groups is 2. The molecular formula is C12H24ClN3O2. The van der Waals surface area contributed by atoms with Crippen LogP contribution in [0.3, 0.4) is 0 Å². The molecule has 18 heavy (non-hydrogen) atoms. The van der Waals surface area contributed by atoms with Crippen LogP contribution in [0, 0.1) is 5.41 Å². The van der Waals surface area contributed by atoms with Gasteiger partial charge in [-0.05, 0) is 18.3 Å². The second-order valence-corrected chi connectivity index (χ2v) is 5.88. The molecule has 1 aliphatic rings. The van der Waals surface area contributed by atoms with E-state index in [1.54, 1.807) is 7.05 Å². The molecule has 0 aliphatic heterocycles. The summed E-state index contributed by atoms with van der Waals surface area (Å²) in [5.74, 6) is -0.298. The van der Waals surface area contributed by atoms with Gasteiger partial charge >= 0.3 is 0 Å². The van der Waals surface area contributed by atoms with Crippen LogP contribution in [0.1, 0.15) is 33.6 Å². The monoisotopic (exact) mass is 277 g/mol. The van der Waals surface area contributed by atoms with Crippen LogP contribution in [0.5, 0.6) is 0 Å². The highest BCUT2D eigenvalue weighted by atomic mass is 35.5. The molecule has 0 radical (unpaired) electrons. The van der Waals surface area contributed by atoms with Gasteiger partial charge in [0.25, 0.3) is 0 Å². The Hall–Kier alpha value is -0.810. The number of hydrogen-bond acceptors (Lipinski definition) is 3. The van der Waals surface area contributed by atoms with Crippen LogP contribution in [0.25, 0.3) is 0 Å². The first-order valence-corrected chi connectivity index (χ1v) is 6.01. The van der Waals surface area contributed by atoms with Gasteiger partial charge in [-0.1, -0.05) is 20.8 Å². The highest BCUT2D eigenvalue weighted by Gasteiger charge is 2.31. The predicted molar refractivity (Wildman–Crippen MR) is 73.5 cm³/mol.